The molecule has 0 aliphatic heterocycles. The van der Waals surface area contributed by atoms with Gasteiger partial charge in [0, 0.05) is 5.56 Å². The standard InChI is InChI=1S/C13H10O2.CH4O3S/c14-12-9-5-4-8-11(12)13(15)10-6-2-1-3-7-10;1-5(2,3)4/h1-9,14H;1H3,(H,2,3,4). The van der Waals surface area contributed by atoms with E-state index in [2.05, 4.69) is 0 Å². The number of phenols is 1. The highest BCUT2D eigenvalue weighted by atomic mass is 32.2. The maximum absolute atomic E-state index is 11.9. The minimum absolute atomic E-state index is 0.0198. The number of para-hydroxylation sites is 1. The third-order valence-electron chi connectivity index (χ3n) is 2.18. The Balaban J connectivity index is 0.000000347. The number of carbonyl (C=O) groups is 1. The molecule has 0 spiro atoms. The third-order valence-corrected chi connectivity index (χ3v) is 2.18. The second-order valence-electron chi connectivity index (χ2n) is 3.95. The summed E-state index contributed by atoms with van der Waals surface area (Å²) in [5.74, 6) is -0.139. The lowest BCUT2D eigenvalue weighted by molar-refractivity contribution is 0.103. The molecule has 0 bridgehead atoms. The molecule has 2 N–H and O–H groups in total. The SMILES string of the molecule is CS(=O)(=O)O.O=C(c1ccccc1)c1ccccc1O. The summed E-state index contributed by atoms with van der Waals surface area (Å²) in [6, 6.07) is 15.5. The molecule has 0 amide bonds. The second kappa shape index (κ2) is 6.83. The van der Waals surface area contributed by atoms with Gasteiger partial charge in [-0.2, -0.15) is 8.42 Å². The fourth-order valence-corrected chi connectivity index (χ4v) is 1.41. The molecule has 2 aromatic rings. The lowest BCUT2D eigenvalue weighted by Crippen LogP contribution is -2.00. The molecular weight excluding hydrogens is 280 g/mol. The summed E-state index contributed by atoms with van der Waals surface area (Å²) in [5, 5.41) is 9.52. The van der Waals surface area contributed by atoms with Crippen molar-refractivity contribution in [1.82, 2.24) is 0 Å². The summed E-state index contributed by atoms with van der Waals surface area (Å²) in [6.07, 6.45) is 0.715. The predicted octanol–water partition coefficient (Wildman–Crippen LogP) is 2.13. The summed E-state index contributed by atoms with van der Waals surface area (Å²) in [4.78, 5) is 11.9. The van der Waals surface area contributed by atoms with Gasteiger partial charge in [-0.1, -0.05) is 42.5 Å². The molecule has 0 atom stereocenters. The monoisotopic (exact) mass is 294 g/mol. The Bertz CT molecular complexity index is 670. The zero-order valence-corrected chi connectivity index (χ0v) is 11.5. The summed E-state index contributed by atoms with van der Waals surface area (Å²) >= 11 is 0. The van der Waals surface area contributed by atoms with Gasteiger partial charge < -0.3 is 5.11 Å². The van der Waals surface area contributed by atoms with Crippen molar-refractivity contribution < 1.29 is 22.9 Å². The number of carbonyl (C=O) groups excluding carboxylic acids is 1. The highest BCUT2D eigenvalue weighted by molar-refractivity contribution is 7.85. The molecule has 0 heterocycles. The van der Waals surface area contributed by atoms with E-state index < -0.39 is 10.1 Å². The highest BCUT2D eigenvalue weighted by Crippen LogP contribution is 2.19. The van der Waals surface area contributed by atoms with E-state index in [1.54, 1.807) is 42.5 Å². The summed E-state index contributed by atoms with van der Waals surface area (Å²) in [7, 11) is -3.67. The first kappa shape index (κ1) is 15.9. The Morgan fingerprint density at radius 1 is 0.950 bits per heavy atom. The maximum atomic E-state index is 11.9. The van der Waals surface area contributed by atoms with Gasteiger partial charge in [0.25, 0.3) is 10.1 Å². The minimum atomic E-state index is -3.67. The molecule has 2 rings (SSSR count). The van der Waals surface area contributed by atoms with Gasteiger partial charge in [-0.15, -0.1) is 0 Å². The fourth-order valence-electron chi connectivity index (χ4n) is 1.41. The van der Waals surface area contributed by atoms with Crippen LogP contribution in [-0.4, -0.2) is 30.1 Å². The molecule has 0 saturated carbocycles. The van der Waals surface area contributed by atoms with Crippen LogP contribution in [0.2, 0.25) is 0 Å². The molecule has 0 fully saturated rings. The zero-order chi connectivity index (χ0) is 15.2. The molecule has 0 aliphatic carbocycles. The molecule has 20 heavy (non-hydrogen) atoms. The Morgan fingerprint density at radius 3 is 1.90 bits per heavy atom. The molecule has 0 unspecified atom stereocenters. The summed E-state index contributed by atoms with van der Waals surface area (Å²) < 4.78 is 25.9. The average molecular weight is 294 g/mol. The van der Waals surface area contributed by atoms with E-state index >= 15 is 0 Å². The Hall–Kier alpha value is -2.18. The van der Waals surface area contributed by atoms with E-state index in [1.807, 2.05) is 6.07 Å². The van der Waals surface area contributed by atoms with Crippen LogP contribution in [0.15, 0.2) is 54.6 Å². The topological polar surface area (TPSA) is 91.7 Å². The maximum Gasteiger partial charge on any atom is 0.261 e. The van der Waals surface area contributed by atoms with Crippen molar-refractivity contribution in [2.75, 3.05) is 6.26 Å². The van der Waals surface area contributed by atoms with Crippen molar-refractivity contribution in [1.29, 1.82) is 0 Å². The Labute approximate surface area is 117 Å². The average Bonchev–Trinajstić information content (AvgIpc) is 2.38. The molecule has 0 saturated heterocycles. The number of hydrogen-bond acceptors (Lipinski definition) is 4. The summed E-state index contributed by atoms with van der Waals surface area (Å²) in [6.45, 7) is 0. The van der Waals surface area contributed by atoms with E-state index in [0.717, 1.165) is 0 Å². The van der Waals surface area contributed by atoms with Crippen molar-refractivity contribution in [3.8, 4) is 5.75 Å². The van der Waals surface area contributed by atoms with E-state index in [9.17, 15) is 18.3 Å². The van der Waals surface area contributed by atoms with E-state index in [-0.39, 0.29) is 11.5 Å². The summed E-state index contributed by atoms with van der Waals surface area (Å²) in [5.41, 5.74) is 0.919. The van der Waals surface area contributed by atoms with Crippen LogP contribution in [0.25, 0.3) is 0 Å². The molecule has 0 aromatic heterocycles. The molecule has 0 radical (unpaired) electrons. The number of benzene rings is 2. The molecule has 106 valence electrons. The van der Waals surface area contributed by atoms with Crippen LogP contribution < -0.4 is 0 Å². The van der Waals surface area contributed by atoms with E-state index in [0.29, 0.717) is 17.4 Å². The van der Waals surface area contributed by atoms with Gasteiger partial charge >= 0.3 is 0 Å². The van der Waals surface area contributed by atoms with Crippen molar-refractivity contribution in [2.45, 2.75) is 0 Å². The highest BCUT2D eigenvalue weighted by Gasteiger charge is 2.11. The lowest BCUT2D eigenvalue weighted by atomic mass is 10.0. The van der Waals surface area contributed by atoms with Crippen molar-refractivity contribution in [3.05, 3.63) is 65.7 Å². The fraction of sp³-hybridized carbons (Fsp3) is 0.0714. The number of ketones is 1. The van der Waals surface area contributed by atoms with Gasteiger partial charge in [-0.05, 0) is 12.1 Å². The van der Waals surface area contributed by atoms with Crippen LogP contribution in [0.4, 0.5) is 0 Å². The Kier molecular flexibility index (Phi) is 5.42. The van der Waals surface area contributed by atoms with Gasteiger partial charge in [0.15, 0.2) is 5.78 Å². The van der Waals surface area contributed by atoms with Gasteiger partial charge in [0.05, 0.1) is 11.8 Å². The first-order valence-corrected chi connectivity index (χ1v) is 7.44. The van der Waals surface area contributed by atoms with Crippen LogP contribution in [0, 0.1) is 0 Å². The smallest absolute Gasteiger partial charge is 0.261 e. The molecular formula is C14H14O5S. The van der Waals surface area contributed by atoms with Crippen molar-refractivity contribution >= 4 is 15.9 Å². The minimum Gasteiger partial charge on any atom is -0.507 e. The molecule has 6 heteroatoms. The molecule has 0 aliphatic rings. The quantitative estimate of drug-likeness (QED) is 0.654. The number of hydrogen-bond donors (Lipinski definition) is 2. The van der Waals surface area contributed by atoms with Gasteiger partial charge in [-0.3, -0.25) is 9.35 Å². The van der Waals surface area contributed by atoms with Gasteiger partial charge in [-0.25, -0.2) is 0 Å². The third kappa shape index (κ3) is 5.64. The zero-order valence-electron chi connectivity index (χ0n) is 10.7. The van der Waals surface area contributed by atoms with E-state index in [4.69, 9.17) is 4.55 Å². The van der Waals surface area contributed by atoms with Crippen LogP contribution in [0.1, 0.15) is 15.9 Å². The number of phenolic OH excluding ortho intramolecular Hbond substituents is 1. The first-order chi connectivity index (χ1) is 9.29. The number of rotatable bonds is 2. The van der Waals surface area contributed by atoms with E-state index in [1.165, 1.54) is 6.07 Å². The van der Waals surface area contributed by atoms with Crippen LogP contribution in [-0.2, 0) is 10.1 Å². The van der Waals surface area contributed by atoms with Crippen molar-refractivity contribution in [3.63, 3.8) is 0 Å². The molecule has 2 aromatic carbocycles. The number of aromatic hydroxyl groups is 1. The molecule has 5 nitrogen and oxygen atoms in total. The second-order valence-corrected chi connectivity index (χ2v) is 5.41. The lowest BCUT2D eigenvalue weighted by Gasteiger charge is -2.02. The first-order valence-electron chi connectivity index (χ1n) is 5.59. The van der Waals surface area contributed by atoms with Crippen molar-refractivity contribution in [2.24, 2.45) is 0 Å². The van der Waals surface area contributed by atoms with Crippen LogP contribution >= 0.6 is 0 Å². The van der Waals surface area contributed by atoms with Gasteiger partial charge in [0.1, 0.15) is 5.75 Å². The largest absolute Gasteiger partial charge is 0.507 e. The Morgan fingerprint density at radius 2 is 1.40 bits per heavy atom. The normalized spacial score (nSPS) is 10.3. The van der Waals surface area contributed by atoms with Crippen LogP contribution in [0.3, 0.4) is 0 Å². The van der Waals surface area contributed by atoms with Crippen LogP contribution in [0.5, 0.6) is 5.75 Å². The predicted molar refractivity (Wildman–Crippen MR) is 75.5 cm³/mol. The van der Waals surface area contributed by atoms with Gasteiger partial charge in [0.2, 0.25) is 0 Å².